The Morgan fingerprint density at radius 3 is 2.23 bits per heavy atom. The summed E-state index contributed by atoms with van der Waals surface area (Å²) in [6.07, 6.45) is 0. The number of hydrogen-bond acceptors (Lipinski definition) is 4. The molecule has 1 N–H and O–H groups in total. The quantitative estimate of drug-likeness (QED) is 0.867. The maximum absolute atomic E-state index is 12.4. The van der Waals surface area contributed by atoms with Crippen LogP contribution >= 0.6 is 0 Å². The first-order chi connectivity index (χ1) is 10.0. The van der Waals surface area contributed by atoms with E-state index < -0.39 is 28.4 Å². The number of hydrogen-bond donors (Lipinski definition) is 1. The summed E-state index contributed by atoms with van der Waals surface area (Å²) in [7, 11) is -3.93. The first-order valence-electron chi connectivity index (χ1n) is 7.08. The Bertz CT molecular complexity index is 592. The Morgan fingerprint density at radius 1 is 1.23 bits per heavy atom. The number of nitrogens with one attached hydrogen (secondary N) is 1. The zero-order valence-electron chi connectivity index (χ0n) is 13.7. The van der Waals surface area contributed by atoms with Gasteiger partial charge in [-0.2, -0.15) is 13.1 Å². The molecule has 0 saturated heterocycles. The van der Waals surface area contributed by atoms with Crippen molar-refractivity contribution >= 4 is 21.9 Å². The lowest BCUT2D eigenvalue weighted by Crippen LogP contribution is -2.48. The maximum atomic E-state index is 12.4. The Hall–Kier alpha value is -1.44. The second kappa shape index (κ2) is 7.21. The number of para-hydroxylation sites is 1. The Kier molecular flexibility index (Phi) is 6.10. The fourth-order valence-corrected chi connectivity index (χ4v) is 2.90. The molecule has 6 nitrogen and oxygen atoms in total. The van der Waals surface area contributed by atoms with Crippen LogP contribution in [0.3, 0.4) is 0 Å². The molecule has 0 spiro atoms. The van der Waals surface area contributed by atoms with Crippen molar-refractivity contribution in [3.63, 3.8) is 0 Å². The summed E-state index contributed by atoms with van der Waals surface area (Å²) < 4.78 is 30.3. The third-order valence-corrected chi connectivity index (χ3v) is 3.84. The summed E-state index contributed by atoms with van der Waals surface area (Å²) >= 11 is 0. The van der Waals surface area contributed by atoms with Gasteiger partial charge in [0, 0.05) is 17.3 Å². The van der Waals surface area contributed by atoms with E-state index in [0.717, 1.165) is 0 Å². The third-order valence-electron chi connectivity index (χ3n) is 2.65. The summed E-state index contributed by atoms with van der Waals surface area (Å²) in [5, 5.41) is 0. The van der Waals surface area contributed by atoms with Gasteiger partial charge in [0.25, 0.3) is 5.91 Å². The van der Waals surface area contributed by atoms with Crippen molar-refractivity contribution in [1.29, 1.82) is 0 Å². The monoisotopic (exact) mass is 328 g/mol. The zero-order chi connectivity index (χ0) is 17.0. The van der Waals surface area contributed by atoms with E-state index >= 15 is 0 Å². The molecule has 0 aromatic heterocycles. The van der Waals surface area contributed by atoms with E-state index in [2.05, 4.69) is 4.72 Å². The van der Waals surface area contributed by atoms with Crippen molar-refractivity contribution in [3.8, 4) is 0 Å². The van der Waals surface area contributed by atoms with E-state index in [9.17, 15) is 13.2 Å². The highest BCUT2D eigenvalue weighted by Gasteiger charge is 2.29. The minimum Gasteiger partial charge on any atom is -0.305 e. The molecule has 0 unspecified atom stereocenters. The van der Waals surface area contributed by atoms with Crippen LogP contribution in [0.15, 0.2) is 30.3 Å². The summed E-state index contributed by atoms with van der Waals surface area (Å²) in [6.45, 7) is 8.42. The average Bonchev–Trinajstić information content (AvgIpc) is 2.35. The molecule has 0 bridgehead atoms. The second-order valence-electron chi connectivity index (χ2n) is 6.22. The third kappa shape index (κ3) is 5.75. The number of nitrogens with zero attached hydrogens (tertiary/aromatic N) is 1. The predicted molar refractivity (Wildman–Crippen MR) is 86.8 cm³/mol. The van der Waals surface area contributed by atoms with E-state index in [1.807, 2.05) is 39.0 Å². The van der Waals surface area contributed by atoms with Gasteiger partial charge in [0.05, 0.1) is 0 Å². The van der Waals surface area contributed by atoms with Crippen molar-refractivity contribution in [2.75, 3.05) is 11.5 Å². The molecular formula is C15H24N2O4S. The van der Waals surface area contributed by atoms with Gasteiger partial charge in [0.2, 0.25) is 0 Å². The molecule has 1 aromatic carbocycles. The smallest absolute Gasteiger partial charge is 0.305 e. The summed E-state index contributed by atoms with van der Waals surface area (Å²) in [4.78, 5) is 14.0. The van der Waals surface area contributed by atoms with Crippen molar-refractivity contribution < 1.29 is 17.4 Å². The number of amides is 1. The highest BCUT2D eigenvalue weighted by atomic mass is 32.2. The van der Waals surface area contributed by atoms with Crippen LogP contribution in [0, 0.1) is 0 Å². The van der Waals surface area contributed by atoms with Gasteiger partial charge in [0.15, 0.2) is 0 Å². The van der Waals surface area contributed by atoms with Crippen LogP contribution in [0.2, 0.25) is 0 Å². The fraction of sp³-hybridized carbons (Fsp3) is 0.533. The van der Waals surface area contributed by atoms with Gasteiger partial charge in [-0.05, 0) is 46.8 Å². The van der Waals surface area contributed by atoms with Gasteiger partial charge in [0.1, 0.15) is 6.61 Å². The molecule has 0 aliphatic heterocycles. The molecule has 1 aromatic rings. The Balaban J connectivity index is 2.88. The molecule has 7 heteroatoms. The minimum atomic E-state index is -3.93. The molecule has 0 aliphatic rings. The highest BCUT2D eigenvalue weighted by Crippen LogP contribution is 2.23. The van der Waals surface area contributed by atoms with Gasteiger partial charge in [-0.25, -0.2) is 4.18 Å². The van der Waals surface area contributed by atoms with Crippen molar-refractivity contribution in [2.45, 2.75) is 46.2 Å². The van der Waals surface area contributed by atoms with Gasteiger partial charge < -0.3 is 4.90 Å². The molecule has 22 heavy (non-hydrogen) atoms. The Labute approximate surface area is 132 Å². The SMILES string of the molecule is CC(C)NS(=O)(=O)OCC(=O)N(c1ccccc1)C(C)(C)C. The van der Waals surface area contributed by atoms with Crippen LogP contribution < -0.4 is 9.62 Å². The summed E-state index contributed by atoms with van der Waals surface area (Å²) in [5.41, 5.74) is 0.189. The number of anilines is 1. The van der Waals surface area contributed by atoms with E-state index in [4.69, 9.17) is 4.18 Å². The van der Waals surface area contributed by atoms with Gasteiger partial charge in [-0.15, -0.1) is 0 Å². The van der Waals surface area contributed by atoms with E-state index in [-0.39, 0.29) is 6.04 Å². The molecule has 0 heterocycles. The lowest BCUT2D eigenvalue weighted by molar-refractivity contribution is -0.121. The summed E-state index contributed by atoms with van der Waals surface area (Å²) in [6, 6.07) is 8.78. The van der Waals surface area contributed by atoms with Crippen molar-refractivity contribution in [1.82, 2.24) is 4.72 Å². The predicted octanol–water partition coefficient (Wildman–Crippen LogP) is 2.08. The first kappa shape index (κ1) is 18.6. The molecule has 0 radical (unpaired) electrons. The number of carbonyl (C=O) groups excluding carboxylic acids is 1. The van der Waals surface area contributed by atoms with Crippen LogP contribution in [0.5, 0.6) is 0 Å². The molecule has 0 saturated carbocycles. The van der Waals surface area contributed by atoms with Crippen LogP contribution in [0.1, 0.15) is 34.6 Å². The van der Waals surface area contributed by atoms with E-state index in [1.54, 1.807) is 26.0 Å². The number of carbonyl (C=O) groups is 1. The van der Waals surface area contributed by atoms with Crippen molar-refractivity contribution in [2.24, 2.45) is 0 Å². The van der Waals surface area contributed by atoms with E-state index in [0.29, 0.717) is 5.69 Å². The minimum absolute atomic E-state index is 0.298. The van der Waals surface area contributed by atoms with Crippen LogP contribution in [-0.4, -0.2) is 32.5 Å². The first-order valence-corrected chi connectivity index (χ1v) is 8.48. The maximum Gasteiger partial charge on any atom is 0.336 e. The van der Waals surface area contributed by atoms with Crippen LogP contribution in [0.25, 0.3) is 0 Å². The molecular weight excluding hydrogens is 304 g/mol. The lowest BCUT2D eigenvalue weighted by atomic mass is 10.0. The van der Waals surface area contributed by atoms with Crippen molar-refractivity contribution in [3.05, 3.63) is 30.3 Å². The fourth-order valence-electron chi connectivity index (χ4n) is 2.00. The molecule has 0 atom stereocenters. The molecule has 1 rings (SSSR count). The number of benzene rings is 1. The lowest BCUT2D eigenvalue weighted by Gasteiger charge is -2.35. The van der Waals surface area contributed by atoms with Crippen LogP contribution in [-0.2, 0) is 19.3 Å². The second-order valence-corrected chi connectivity index (χ2v) is 7.60. The standard InChI is InChI=1S/C15H24N2O4S/c1-12(2)16-22(19,20)21-11-14(18)17(15(3,4)5)13-9-7-6-8-10-13/h6-10,12,16H,11H2,1-5H3. The number of rotatable bonds is 6. The van der Waals surface area contributed by atoms with Gasteiger partial charge in [-0.1, -0.05) is 18.2 Å². The average molecular weight is 328 g/mol. The molecule has 0 aliphatic carbocycles. The topological polar surface area (TPSA) is 75.7 Å². The highest BCUT2D eigenvalue weighted by molar-refractivity contribution is 7.84. The zero-order valence-corrected chi connectivity index (χ0v) is 14.5. The van der Waals surface area contributed by atoms with Gasteiger partial charge in [-0.3, -0.25) is 4.79 Å². The largest absolute Gasteiger partial charge is 0.336 e. The normalized spacial score (nSPS) is 12.5. The molecule has 0 fully saturated rings. The molecule has 124 valence electrons. The van der Waals surface area contributed by atoms with Gasteiger partial charge >= 0.3 is 10.3 Å². The molecule has 1 amide bonds. The Morgan fingerprint density at radius 2 is 1.77 bits per heavy atom. The summed E-state index contributed by atoms with van der Waals surface area (Å²) in [5.74, 6) is -0.423. The van der Waals surface area contributed by atoms with E-state index in [1.165, 1.54) is 4.90 Å². The van der Waals surface area contributed by atoms with Crippen LogP contribution in [0.4, 0.5) is 5.69 Å².